The van der Waals surface area contributed by atoms with Gasteiger partial charge in [0, 0.05) is 10.6 Å². The van der Waals surface area contributed by atoms with E-state index in [0.29, 0.717) is 32.5 Å². The number of nitrogens with zero attached hydrogens (tertiary/aromatic N) is 4. The third-order valence-corrected chi connectivity index (χ3v) is 7.06. The Morgan fingerprint density at radius 2 is 1.86 bits per heavy atom. The molecule has 0 aliphatic heterocycles. The average Bonchev–Trinajstić information content (AvgIpc) is 3.23. The van der Waals surface area contributed by atoms with E-state index >= 15 is 0 Å². The summed E-state index contributed by atoms with van der Waals surface area (Å²) in [6.45, 7) is 1.69. The fraction of sp³-hybridized carbons (Fsp3) is 0.200. The molecule has 0 fully saturated rings. The number of rotatable bonds is 10. The van der Waals surface area contributed by atoms with Crippen LogP contribution in [0.1, 0.15) is 22.2 Å². The van der Waals surface area contributed by atoms with Gasteiger partial charge in [-0.25, -0.2) is 4.39 Å². The van der Waals surface area contributed by atoms with Crippen molar-refractivity contribution in [3.05, 3.63) is 104 Å². The second-order valence-corrected chi connectivity index (χ2v) is 9.80. The molecular formula is C25H22BrFN4O4S. The highest BCUT2D eigenvalue weighted by Gasteiger charge is 2.26. The van der Waals surface area contributed by atoms with E-state index in [9.17, 15) is 14.5 Å². The highest BCUT2D eigenvalue weighted by molar-refractivity contribution is 9.10. The predicted octanol–water partition coefficient (Wildman–Crippen LogP) is 6.18. The van der Waals surface area contributed by atoms with Gasteiger partial charge in [-0.05, 0) is 70.4 Å². The fourth-order valence-corrected chi connectivity index (χ4v) is 5.30. The molecule has 0 saturated heterocycles. The maximum absolute atomic E-state index is 13.2. The van der Waals surface area contributed by atoms with Gasteiger partial charge in [-0.1, -0.05) is 42.1 Å². The Labute approximate surface area is 219 Å². The van der Waals surface area contributed by atoms with Crippen LogP contribution in [-0.2, 0) is 6.61 Å². The highest BCUT2D eigenvalue weighted by atomic mass is 79.9. The molecule has 11 heteroatoms. The zero-order valence-electron chi connectivity index (χ0n) is 19.4. The molecule has 0 N–H and O–H groups in total. The van der Waals surface area contributed by atoms with E-state index in [0.717, 1.165) is 11.3 Å². The van der Waals surface area contributed by atoms with Gasteiger partial charge in [0.05, 0.1) is 11.6 Å². The Morgan fingerprint density at radius 3 is 2.53 bits per heavy atom. The molecule has 0 aliphatic rings. The zero-order chi connectivity index (χ0) is 25.7. The molecule has 8 nitrogen and oxygen atoms in total. The Morgan fingerprint density at radius 1 is 1.14 bits per heavy atom. The fourth-order valence-electron chi connectivity index (χ4n) is 3.57. The second kappa shape index (κ2) is 11.5. The minimum atomic E-state index is -0.581. The van der Waals surface area contributed by atoms with Gasteiger partial charge in [0.1, 0.15) is 23.5 Å². The maximum atomic E-state index is 13.2. The quantitative estimate of drug-likeness (QED) is 0.127. The maximum Gasteiger partial charge on any atom is 0.220 e. The number of para-hydroxylation sites is 1. The zero-order valence-corrected chi connectivity index (χ0v) is 21.8. The molecule has 1 heterocycles. The Kier molecular flexibility index (Phi) is 8.21. The normalized spacial score (nSPS) is 11.8. The Bertz CT molecular complexity index is 1350. The largest absolute Gasteiger partial charge is 0.493 e. The van der Waals surface area contributed by atoms with Crippen molar-refractivity contribution in [1.82, 2.24) is 14.8 Å². The first-order valence-corrected chi connectivity index (χ1v) is 12.5. The van der Waals surface area contributed by atoms with E-state index in [1.54, 1.807) is 24.3 Å². The van der Waals surface area contributed by atoms with Crippen LogP contribution in [0.25, 0.3) is 5.69 Å². The number of ether oxygens (including phenoxy) is 2. The van der Waals surface area contributed by atoms with E-state index < -0.39 is 5.25 Å². The lowest BCUT2D eigenvalue weighted by molar-refractivity contribution is -0.479. The van der Waals surface area contributed by atoms with Crippen LogP contribution in [0.2, 0.25) is 0 Å². The van der Waals surface area contributed by atoms with Crippen molar-refractivity contribution < 1.29 is 18.8 Å². The Balaban J connectivity index is 1.64. The van der Waals surface area contributed by atoms with E-state index in [2.05, 4.69) is 26.1 Å². The number of benzene rings is 3. The van der Waals surface area contributed by atoms with Crippen LogP contribution in [-0.4, -0.2) is 33.3 Å². The second-order valence-electron chi connectivity index (χ2n) is 7.77. The number of hydrogen-bond acceptors (Lipinski definition) is 7. The van der Waals surface area contributed by atoms with Crippen molar-refractivity contribution in [3.8, 4) is 17.2 Å². The number of halogens is 2. The minimum Gasteiger partial charge on any atom is -0.493 e. The molecule has 0 amide bonds. The van der Waals surface area contributed by atoms with Gasteiger partial charge < -0.3 is 9.47 Å². The van der Waals surface area contributed by atoms with Crippen molar-refractivity contribution in [3.63, 3.8) is 0 Å². The third kappa shape index (κ3) is 6.03. The lowest BCUT2D eigenvalue weighted by atomic mass is 10.1. The Hall–Kier alpha value is -3.44. The number of thioether (sulfide) groups is 1. The van der Waals surface area contributed by atoms with Gasteiger partial charge >= 0.3 is 0 Å². The van der Waals surface area contributed by atoms with Crippen molar-refractivity contribution in [2.45, 2.75) is 23.9 Å². The van der Waals surface area contributed by atoms with Crippen molar-refractivity contribution >= 4 is 27.7 Å². The molecule has 3 aromatic carbocycles. The molecule has 0 radical (unpaired) electrons. The first-order chi connectivity index (χ1) is 17.4. The van der Waals surface area contributed by atoms with Crippen LogP contribution < -0.4 is 9.47 Å². The van der Waals surface area contributed by atoms with E-state index in [4.69, 9.17) is 9.47 Å². The molecule has 0 unspecified atom stereocenters. The molecule has 0 spiro atoms. The standard InChI is InChI=1S/C25H22BrFN4O4S/c1-16-28-29-25(31(16)20-6-4-3-5-7-20)36-23(14-30(32)33)18-12-21(26)24(22(13-18)34-2)35-15-17-8-10-19(27)11-9-17/h3-13,23H,14-15H2,1-2H3/t23-/m1/s1. The smallest absolute Gasteiger partial charge is 0.220 e. The first kappa shape index (κ1) is 25.6. The van der Waals surface area contributed by atoms with Crippen molar-refractivity contribution in [2.24, 2.45) is 0 Å². The summed E-state index contributed by atoms with van der Waals surface area (Å²) in [6.07, 6.45) is 0. The van der Waals surface area contributed by atoms with Crippen LogP contribution >= 0.6 is 27.7 Å². The molecular weight excluding hydrogens is 551 g/mol. The van der Waals surface area contributed by atoms with Gasteiger partial charge in [0.25, 0.3) is 0 Å². The third-order valence-electron chi connectivity index (χ3n) is 5.29. The molecule has 0 aliphatic carbocycles. The summed E-state index contributed by atoms with van der Waals surface area (Å²) in [5.41, 5.74) is 2.31. The summed E-state index contributed by atoms with van der Waals surface area (Å²) < 4.78 is 27.1. The van der Waals surface area contributed by atoms with Crippen LogP contribution in [0.5, 0.6) is 11.5 Å². The van der Waals surface area contributed by atoms with Crippen molar-refractivity contribution in [1.29, 1.82) is 0 Å². The number of nitro groups is 1. The SMILES string of the molecule is COc1cc([C@@H](C[N+](=O)[O-])Sc2nnc(C)n2-c2ccccc2)cc(Br)c1OCc1ccc(F)cc1. The van der Waals surface area contributed by atoms with E-state index in [1.807, 2.05) is 41.8 Å². The summed E-state index contributed by atoms with van der Waals surface area (Å²) in [5, 5.41) is 20.0. The highest BCUT2D eigenvalue weighted by Crippen LogP contribution is 2.43. The summed E-state index contributed by atoms with van der Waals surface area (Å²) >= 11 is 4.77. The lowest BCUT2D eigenvalue weighted by Crippen LogP contribution is -2.12. The minimum absolute atomic E-state index is 0.196. The van der Waals surface area contributed by atoms with Gasteiger partial charge in [0.2, 0.25) is 6.54 Å². The summed E-state index contributed by atoms with van der Waals surface area (Å²) in [5.74, 6) is 1.20. The predicted molar refractivity (Wildman–Crippen MR) is 138 cm³/mol. The molecule has 0 saturated carbocycles. The number of aryl methyl sites for hydroxylation is 1. The lowest BCUT2D eigenvalue weighted by Gasteiger charge is -2.18. The average molecular weight is 573 g/mol. The van der Waals surface area contributed by atoms with Crippen LogP contribution in [0.3, 0.4) is 0 Å². The topological polar surface area (TPSA) is 92.3 Å². The molecule has 186 valence electrons. The summed E-state index contributed by atoms with van der Waals surface area (Å²) in [7, 11) is 1.50. The van der Waals surface area contributed by atoms with Crippen LogP contribution in [0.15, 0.2) is 76.4 Å². The van der Waals surface area contributed by atoms with Crippen LogP contribution in [0.4, 0.5) is 4.39 Å². The van der Waals surface area contributed by atoms with E-state index in [1.165, 1.54) is 31.0 Å². The number of methoxy groups -OCH3 is 1. The van der Waals surface area contributed by atoms with Crippen molar-refractivity contribution in [2.75, 3.05) is 13.7 Å². The first-order valence-electron chi connectivity index (χ1n) is 10.9. The molecule has 1 aromatic heterocycles. The number of hydrogen-bond donors (Lipinski definition) is 0. The van der Waals surface area contributed by atoms with Gasteiger partial charge in [-0.3, -0.25) is 14.7 Å². The van der Waals surface area contributed by atoms with Gasteiger partial charge in [0.15, 0.2) is 16.7 Å². The van der Waals surface area contributed by atoms with Gasteiger partial charge in [-0.2, -0.15) is 0 Å². The molecule has 36 heavy (non-hydrogen) atoms. The molecule has 4 aromatic rings. The van der Waals surface area contributed by atoms with Crippen LogP contribution in [0, 0.1) is 22.9 Å². The summed E-state index contributed by atoms with van der Waals surface area (Å²) in [4.78, 5) is 11.2. The molecule has 1 atom stereocenters. The van der Waals surface area contributed by atoms with E-state index in [-0.39, 0.29) is 23.9 Å². The summed E-state index contributed by atoms with van der Waals surface area (Å²) in [6, 6.07) is 19.1. The monoisotopic (exact) mass is 572 g/mol. The van der Waals surface area contributed by atoms with Gasteiger partial charge in [-0.15, -0.1) is 10.2 Å². The molecule has 0 bridgehead atoms. The molecule has 4 rings (SSSR count). The number of aromatic nitrogens is 3.